The molecule has 3 heteroatoms. The van der Waals surface area contributed by atoms with Gasteiger partial charge in [0.2, 0.25) is 0 Å². The predicted molar refractivity (Wildman–Crippen MR) is 51.5 cm³/mol. The third kappa shape index (κ3) is 2.05. The van der Waals surface area contributed by atoms with Crippen molar-refractivity contribution in [3.63, 3.8) is 0 Å². The Morgan fingerprint density at radius 3 is 2.67 bits per heavy atom. The second kappa shape index (κ2) is 4.01. The Morgan fingerprint density at radius 1 is 1.58 bits per heavy atom. The van der Waals surface area contributed by atoms with E-state index in [1.54, 1.807) is 18.3 Å². The monoisotopic (exact) mass is 185 g/mol. The lowest BCUT2D eigenvalue weighted by Gasteiger charge is -2.02. The summed E-state index contributed by atoms with van der Waals surface area (Å²) in [7, 11) is 0. The van der Waals surface area contributed by atoms with Crippen LogP contribution >= 0.6 is 11.3 Å². The van der Waals surface area contributed by atoms with Gasteiger partial charge in [-0.1, -0.05) is 13.8 Å². The summed E-state index contributed by atoms with van der Waals surface area (Å²) in [5.74, 6) is 0.516. The maximum atomic E-state index is 9.24. The van der Waals surface area contributed by atoms with Gasteiger partial charge in [0.25, 0.3) is 0 Å². The van der Waals surface area contributed by atoms with Gasteiger partial charge in [0.15, 0.2) is 0 Å². The SMILES string of the molecule is CCC(C)c1nc(C(C)O)cs1. The van der Waals surface area contributed by atoms with E-state index in [4.69, 9.17) is 0 Å². The molecule has 0 aromatic carbocycles. The smallest absolute Gasteiger partial charge is 0.0957 e. The molecule has 0 spiro atoms. The molecule has 1 aromatic rings. The molecule has 0 amide bonds. The van der Waals surface area contributed by atoms with Crippen molar-refractivity contribution in [1.82, 2.24) is 4.98 Å². The molecule has 2 unspecified atom stereocenters. The standard InChI is InChI=1S/C9H15NOS/c1-4-6(2)9-10-8(5-12-9)7(3)11/h5-7,11H,4H2,1-3H3. The van der Waals surface area contributed by atoms with Gasteiger partial charge in [0, 0.05) is 11.3 Å². The first kappa shape index (κ1) is 9.68. The summed E-state index contributed by atoms with van der Waals surface area (Å²) in [4.78, 5) is 4.35. The fourth-order valence-electron chi connectivity index (χ4n) is 0.894. The fourth-order valence-corrected chi connectivity index (χ4v) is 1.94. The molecular formula is C9H15NOS. The molecule has 0 aliphatic heterocycles. The number of rotatable bonds is 3. The van der Waals surface area contributed by atoms with Crippen LogP contribution in [0.25, 0.3) is 0 Å². The van der Waals surface area contributed by atoms with Gasteiger partial charge in [-0.05, 0) is 13.3 Å². The van der Waals surface area contributed by atoms with Gasteiger partial charge in [0.1, 0.15) is 0 Å². The molecule has 0 saturated heterocycles. The Morgan fingerprint density at radius 2 is 2.25 bits per heavy atom. The minimum atomic E-state index is -0.431. The maximum absolute atomic E-state index is 9.24. The molecule has 68 valence electrons. The number of nitrogens with zero attached hydrogens (tertiary/aromatic N) is 1. The van der Waals surface area contributed by atoms with E-state index in [1.165, 1.54) is 0 Å². The number of hydrogen-bond acceptors (Lipinski definition) is 3. The molecule has 0 radical (unpaired) electrons. The summed E-state index contributed by atoms with van der Waals surface area (Å²) in [5, 5.41) is 12.3. The Bertz CT molecular complexity index is 244. The lowest BCUT2D eigenvalue weighted by molar-refractivity contribution is 0.195. The van der Waals surface area contributed by atoms with Crippen LogP contribution < -0.4 is 0 Å². The zero-order valence-electron chi connectivity index (χ0n) is 7.74. The summed E-state index contributed by atoms with van der Waals surface area (Å²) in [6, 6.07) is 0. The molecule has 1 N–H and O–H groups in total. The molecule has 0 bridgehead atoms. The number of aromatic nitrogens is 1. The highest BCUT2D eigenvalue weighted by Gasteiger charge is 2.10. The van der Waals surface area contributed by atoms with E-state index in [0.29, 0.717) is 5.92 Å². The van der Waals surface area contributed by atoms with Crippen molar-refractivity contribution in [2.75, 3.05) is 0 Å². The van der Waals surface area contributed by atoms with Gasteiger partial charge in [0.05, 0.1) is 16.8 Å². The number of thiazole rings is 1. The third-order valence-electron chi connectivity index (χ3n) is 2.00. The Kier molecular flexibility index (Phi) is 3.23. The van der Waals surface area contributed by atoms with E-state index >= 15 is 0 Å². The van der Waals surface area contributed by atoms with E-state index in [2.05, 4.69) is 18.8 Å². The zero-order chi connectivity index (χ0) is 9.14. The van der Waals surface area contributed by atoms with Crippen LogP contribution in [0.15, 0.2) is 5.38 Å². The van der Waals surface area contributed by atoms with Gasteiger partial charge < -0.3 is 5.11 Å². The first-order valence-corrected chi connectivity index (χ1v) is 5.16. The molecule has 0 saturated carbocycles. The number of hydrogen-bond donors (Lipinski definition) is 1. The maximum Gasteiger partial charge on any atom is 0.0957 e. The first-order chi connectivity index (χ1) is 5.65. The van der Waals surface area contributed by atoms with E-state index in [-0.39, 0.29) is 0 Å². The van der Waals surface area contributed by atoms with E-state index in [1.807, 2.05) is 5.38 Å². The Hall–Kier alpha value is -0.410. The van der Waals surface area contributed by atoms with E-state index in [9.17, 15) is 5.11 Å². The lowest BCUT2D eigenvalue weighted by atomic mass is 10.1. The second-order valence-corrected chi connectivity index (χ2v) is 3.99. The van der Waals surface area contributed by atoms with Crippen LogP contribution in [0.2, 0.25) is 0 Å². The predicted octanol–water partition coefficient (Wildman–Crippen LogP) is 2.71. The summed E-state index contributed by atoms with van der Waals surface area (Å²) >= 11 is 1.64. The molecule has 1 rings (SSSR count). The highest BCUT2D eigenvalue weighted by molar-refractivity contribution is 7.09. The van der Waals surface area contributed by atoms with Crippen LogP contribution in [-0.4, -0.2) is 10.1 Å². The molecule has 1 heterocycles. The highest BCUT2D eigenvalue weighted by Crippen LogP contribution is 2.24. The average molecular weight is 185 g/mol. The molecule has 0 fully saturated rings. The molecule has 1 aromatic heterocycles. The zero-order valence-corrected chi connectivity index (χ0v) is 8.56. The molecule has 2 nitrogen and oxygen atoms in total. The number of aliphatic hydroxyl groups excluding tert-OH is 1. The van der Waals surface area contributed by atoms with E-state index < -0.39 is 6.10 Å². The third-order valence-corrected chi connectivity index (χ3v) is 3.10. The molecule has 0 aliphatic rings. The van der Waals surface area contributed by atoms with Crippen molar-refractivity contribution in [2.24, 2.45) is 0 Å². The number of aliphatic hydroxyl groups is 1. The van der Waals surface area contributed by atoms with Crippen molar-refractivity contribution in [3.05, 3.63) is 16.1 Å². The van der Waals surface area contributed by atoms with Crippen LogP contribution in [0.1, 0.15) is 49.9 Å². The van der Waals surface area contributed by atoms with Crippen LogP contribution in [-0.2, 0) is 0 Å². The Labute approximate surface area is 77.3 Å². The molecule has 12 heavy (non-hydrogen) atoms. The van der Waals surface area contributed by atoms with E-state index in [0.717, 1.165) is 17.1 Å². The average Bonchev–Trinajstić information content (AvgIpc) is 2.51. The van der Waals surface area contributed by atoms with Crippen molar-refractivity contribution >= 4 is 11.3 Å². The summed E-state index contributed by atoms with van der Waals surface area (Å²) in [5.41, 5.74) is 0.801. The largest absolute Gasteiger partial charge is 0.387 e. The topological polar surface area (TPSA) is 33.1 Å². The molecule has 0 aliphatic carbocycles. The normalized spacial score (nSPS) is 16.0. The minimum Gasteiger partial charge on any atom is -0.387 e. The van der Waals surface area contributed by atoms with Gasteiger partial charge in [-0.15, -0.1) is 11.3 Å². The van der Waals surface area contributed by atoms with Crippen LogP contribution in [0.4, 0.5) is 0 Å². The summed E-state index contributed by atoms with van der Waals surface area (Å²) in [6.07, 6.45) is 0.673. The molecule has 2 atom stereocenters. The van der Waals surface area contributed by atoms with Crippen LogP contribution in [0.5, 0.6) is 0 Å². The molecular weight excluding hydrogens is 170 g/mol. The Balaban J connectivity index is 2.77. The summed E-state index contributed by atoms with van der Waals surface area (Å²) in [6.45, 7) is 6.05. The van der Waals surface area contributed by atoms with Gasteiger partial charge >= 0.3 is 0 Å². The quantitative estimate of drug-likeness (QED) is 0.785. The van der Waals surface area contributed by atoms with Crippen LogP contribution in [0, 0.1) is 0 Å². The van der Waals surface area contributed by atoms with Crippen molar-refractivity contribution in [1.29, 1.82) is 0 Å². The van der Waals surface area contributed by atoms with Gasteiger partial charge in [-0.2, -0.15) is 0 Å². The lowest BCUT2D eigenvalue weighted by Crippen LogP contribution is -1.94. The summed E-state index contributed by atoms with van der Waals surface area (Å²) < 4.78 is 0. The van der Waals surface area contributed by atoms with Gasteiger partial charge in [-0.3, -0.25) is 0 Å². The van der Waals surface area contributed by atoms with Crippen LogP contribution in [0.3, 0.4) is 0 Å². The van der Waals surface area contributed by atoms with Gasteiger partial charge in [-0.25, -0.2) is 4.98 Å². The second-order valence-electron chi connectivity index (χ2n) is 3.10. The highest BCUT2D eigenvalue weighted by atomic mass is 32.1. The van der Waals surface area contributed by atoms with Crippen molar-refractivity contribution in [2.45, 2.75) is 39.2 Å². The van der Waals surface area contributed by atoms with Crippen molar-refractivity contribution in [3.8, 4) is 0 Å². The first-order valence-electron chi connectivity index (χ1n) is 4.28. The van der Waals surface area contributed by atoms with Crippen molar-refractivity contribution < 1.29 is 5.11 Å². The minimum absolute atomic E-state index is 0.431. The fraction of sp³-hybridized carbons (Fsp3) is 0.667.